The highest BCUT2D eigenvalue weighted by Gasteiger charge is 2.11. The van der Waals surface area contributed by atoms with Gasteiger partial charge in [-0.2, -0.15) is 5.10 Å². The SMILES string of the molecule is CCn1nccc1N=Cc1c(O)[nH]c2cc(-c3ccco3)ccc12. The van der Waals surface area contributed by atoms with Gasteiger partial charge in [-0.25, -0.2) is 9.67 Å². The number of furan rings is 1. The molecule has 0 bridgehead atoms. The van der Waals surface area contributed by atoms with Crippen molar-refractivity contribution in [1.29, 1.82) is 0 Å². The van der Waals surface area contributed by atoms with Crippen LogP contribution in [0, 0.1) is 0 Å². The minimum atomic E-state index is 0.0907. The van der Waals surface area contributed by atoms with Crippen LogP contribution >= 0.6 is 0 Å². The number of aromatic hydroxyl groups is 1. The summed E-state index contributed by atoms with van der Waals surface area (Å²) >= 11 is 0. The van der Waals surface area contributed by atoms with Crippen molar-refractivity contribution in [3.8, 4) is 17.2 Å². The van der Waals surface area contributed by atoms with Gasteiger partial charge < -0.3 is 14.5 Å². The Morgan fingerprint density at radius 1 is 1.33 bits per heavy atom. The highest BCUT2D eigenvalue weighted by atomic mass is 16.3. The number of aryl methyl sites for hydroxylation is 1. The predicted molar refractivity (Wildman–Crippen MR) is 92.8 cm³/mol. The third-order valence-electron chi connectivity index (χ3n) is 3.94. The summed E-state index contributed by atoms with van der Waals surface area (Å²) in [7, 11) is 0. The minimum absolute atomic E-state index is 0.0907. The molecule has 0 unspecified atom stereocenters. The highest BCUT2D eigenvalue weighted by molar-refractivity contribution is 6.03. The first-order valence-electron chi connectivity index (χ1n) is 7.70. The van der Waals surface area contributed by atoms with Gasteiger partial charge in [-0.1, -0.05) is 12.1 Å². The molecule has 1 aromatic carbocycles. The molecule has 2 N–H and O–H groups in total. The number of H-pyrrole nitrogens is 1. The number of nitrogens with one attached hydrogen (secondary N) is 1. The van der Waals surface area contributed by atoms with E-state index in [9.17, 15) is 5.11 Å². The first-order chi connectivity index (χ1) is 11.8. The summed E-state index contributed by atoms with van der Waals surface area (Å²) in [5, 5.41) is 15.3. The van der Waals surface area contributed by atoms with Gasteiger partial charge in [-0.05, 0) is 25.1 Å². The third-order valence-corrected chi connectivity index (χ3v) is 3.94. The lowest BCUT2D eigenvalue weighted by molar-refractivity contribution is 0.457. The van der Waals surface area contributed by atoms with E-state index in [1.54, 1.807) is 23.4 Å². The Balaban J connectivity index is 1.75. The molecule has 0 saturated carbocycles. The average Bonchev–Trinajstić information content (AvgIpc) is 3.32. The number of benzene rings is 1. The van der Waals surface area contributed by atoms with Crippen LogP contribution in [0.25, 0.3) is 22.2 Å². The fraction of sp³-hybridized carbons (Fsp3) is 0.111. The number of hydrogen-bond acceptors (Lipinski definition) is 4. The number of nitrogens with zero attached hydrogens (tertiary/aromatic N) is 3. The van der Waals surface area contributed by atoms with Gasteiger partial charge in [0.2, 0.25) is 0 Å². The molecule has 0 atom stereocenters. The van der Waals surface area contributed by atoms with Crippen LogP contribution in [0.3, 0.4) is 0 Å². The van der Waals surface area contributed by atoms with Gasteiger partial charge in [0.25, 0.3) is 0 Å². The van der Waals surface area contributed by atoms with Crippen LogP contribution in [0.15, 0.2) is 58.3 Å². The van der Waals surface area contributed by atoms with Crippen LogP contribution in [0.4, 0.5) is 5.82 Å². The minimum Gasteiger partial charge on any atom is -0.494 e. The first kappa shape index (κ1) is 14.3. The predicted octanol–water partition coefficient (Wildman–Crippen LogP) is 4.10. The van der Waals surface area contributed by atoms with Crippen LogP contribution < -0.4 is 0 Å². The summed E-state index contributed by atoms with van der Waals surface area (Å²) in [5.41, 5.74) is 2.42. The van der Waals surface area contributed by atoms with E-state index < -0.39 is 0 Å². The molecule has 0 saturated heterocycles. The van der Waals surface area contributed by atoms with E-state index in [2.05, 4.69) is 15.1 Å². The maximum atomic E-state index is 10.2. The molecule has 24 heavy (non-hydrogen) atoms. The molecule has 4 aromatic rings. The molecule has 0 radical (unpaired) electrons. The van der Waals surface area contributed by atoms with Gasteiger partial charge in [-0.15, -0.1) is 0 Å². The summed E-state index contributed by atoms with van der Waals surface area (Å²) in [6.07, 6.45) is 5.01. The summed E-state index contributed by atoms with van der Waals surface area (Å²) in [4.78, 5) is 7.43. The second kappa shape index (κ2) is 5.73. The Kier molecular flexibility index (Phi) is 3.42. The second-order valence-electron chi connectivity index (χ2n) is 5.39. The molecule has 0 aliphatic heterocycles. The molecular weight excluding hydrogens is 304 g/mol. The van der Waals surface area contributed by atoms with E-state index in [0.29, 0.717) is 5.56 Å². The van der Waals surface area contributed by atoms with Crippen LogP contribution in [0.1, 0.15) is 12.5 Å². The normalized spacial score (nSPS) is 11.7. The standard InChI is InChI=1S/C18H16N4O2/c1-2-22-17(7-8-20-22)19-11-14-13-6-5-12(16-4-3-9-24-16)10-15(13)21-18(14)23/h3-11,21,23H,2H2,1H3. The van der Waals surface area contributed by atoms with Crippen molar-refractivity contribution in [3.05, 3.63) is 54.4 Å². The quantitative estimate of drug-likeness (QED) is 0.556. The van der Waals surface area contributed by atoms with E-state index in [1.165, 1.54) is 0 Å². The fourth-order valence-corrected chi connectivity index (χ4v) is 2.74. The van der Waals surface area contributed by atoms with E-state index in [-0.39, 0.29) is 5.88 Å². The van der Waals surface area contributed by atoms with E-state index in [0.717, 1.165) is 34.6 Å². The van der Waals surface area contributed by atoms with Gasteiger partial charge >= 0.3 is 0 Å². The molecule has 6 nitrogen and oxygen atoms in total. The Hall–Kier alpha value is -3.28. The van der Waals surface area contributed by atoms with Gasteiger partial charge in [0.15, 0.2) is 5.88 Å². The smallest absolute Gasteiger partial charge is 0.198 e. The van der Waals surface area contributed by atoms with Crippen molar-refractivity contribution in [3.63, 3.8) is 0 Å². The molecule has 0 aliphatic rings. The molecule has 0 spiro atoms. The topological polar surface area (TPSA) is 79.3 Å². The van der Waals surface area contributed by atoms with Crippen molar-refractivity contribution in [2.24, 2.45) is 4.99 Å². The summed E-state index contributed by atoms with van der Waals surface area (Å²) < 4.78 is 7.20. The summed E-state index contributed by atoms with van der Waals surface area (Å²) in [6.45, 7) is 2.75. The van der Waals surface area contributed by atoms with Crippen LogP contribution in [0.2, 0.25) is 0 Å². The van der Waals surface area contributed by atoms with Crippen LogP contribution in [-0.4, -0.2) is 26.1 Å². The van der Waals surface area contributed by atoms with Gasteiger partial charge in [0.1, 0.15) is 11.6 Å². The Morgan fingerprint density at radius 3 is 3.04 bits per heavy atom. The zero-order chi connectivity index (χ0) is 16.5. The molecule has 4 rings (SSSR count). The first-order valence-corrected chi connectivity index (χ1v) is 7.70. The summed E-state index contributed by atoms with van der Waals surface area (Å²) in [5.74, 6) is 1.62. The Labute approximate surface area is 138 Å². The molecule has 0 aliphatic carbocycles. The highest BCUT2D eigenvalue weighted by Crippen LogP contribution is 2.30. The molecule has 120 valence electrons. The van der Waals surface area contributed by atoms with Crippen LogP contribution in [-0.2, 0) is 6.54 Å². The molecule has 3 heterocycles. The Bertz CT molecular complexity index is 1010. The van der Waals surface area contributed by atoms with Crippen molar-refractivity contribution >= 4 is 22.9 Å². The van der Waals surface area contributed by atoms with Crippen molar-refractivity contribution < 1.29 is 9.52 Å². The second-order valence-corrected chi connectivity index (χ2v) is 5.39. The number of aromatic nitrogens is 3. The molecule has 0 fully saturated rings. The maximum Gasteiger partial charge on any atom is 0.198 e. The van der Waals surface area contributed by atoms with E-state index in [4.69, 9.17) is 4.42 Å². The van der Waals surface area contributed by atoms with Crippen LogP contribution in [0.5, 0.6) is 5.88 Å². The number of fused-ring (bicyclic) bond motifs is 1. The van der Waals surface area contributed by atoms with Crippen molar-refractivity contribution in [1.82, 2.24) is 14.8 Å². The molecular formula is C18H16N4O2. The number of aliphatic imine (C=N–C) groups is 1. The number of hydrogen-bond donors (Lipinski definition) is 2. The van der Waals surface area contributed by atoms with Crippen molar-refractivity contribution in [2.45, 2.75) is 13.5 Å². The number of aromatic amines is 1. The lowest BCUT2D eigenvalue weighted by Gasteiger charge is -1.99. The lowest BCUT2D eigenvalue weighted by atomic mass is 10.1. The molecule has 6 heteroatoms. The Morgan fingerprint density at radius 2 is 2.25 bits per heavy atom. The van der Waals surface area contributed by atoms with E-state index in [1.807, 2.05) is 43.3 Å². The average molecular weight is 320 g/mol. The zero-order valence-corrected chi connectivity index (χ0v) is 13.1. The largest absolute Gasteiger partial charge is 0.494 e. The molecule has 0 amide bonds. The van der Waals surface area contributed by atoms with Gasteiger partial charge in [0.05, 0.1) is 18.0 Å². The lowest BCUT2D eigenvalue weighted by Crippen LogP contribution is -1.94. The third kappa shape index (κ3) is 2.38. The van der Waals surface area contributed by atoms with Gasteiger partial charge in [0, 0.05) is 35.3 Å². The summed E-state index contributed by atoms with van der Waals surface area (Å²) in [6, 6.07) is 11.4. The van der Waals surface area contributed by atoms with Crippen molar-refractivity contribution in [2.75, 3.05) is 0 Å². The maximum absolute atomic E-state index is 10.2. The molecule has 3 aromatic heterocycles. The van der Waals surface area contributed by atoms with Gasteiger partial charge in [-0.3, -0.25) is 0 Å². The fourth-order valence-electron chi connectivity index (χ4n) is 2.74. The zero-order valence-electron chi connectivity index (χ0n) is 13.1. The monoisotopic (exact) mass is 320 g/mol. The number of rotatable bonds is 4. The van der Waals surface area contributed by atoms with E-state index >= 15 is 0 Å².